The summed E-state index contributed by atoms with van der Waals surface area (Å²) >= 11 is 0. The molecule has 0 radical (unpaired) electrons. The molecule has 2 aliphatic rings. The van der Waals surface area contributed by atoms with Gasteiger partial charge in [-0.15, -0.1) is 13.9 Å². The monoisotopic (exact) mass is 501 g/mol. The average Bonchev–Trinajstić information content (AvgIpc) is 3.26. The fraction of sp³-hybridized carbons (Fsp3) is 0.591. The van der Waals surface area contributed by atoms with Crippen molar-refractivity contribution < 1.29 is 36.5 Å². The third-order valence-electron chi connectivity index (χ3n) is 7.05. The Labute approximate surface area is 196 Å². The van der Waals surface area contributed by atoms with E-state index in [2.05, 4.69) is 24.5 Å². The molecule has 190 valence electrons. The van der Waals surface area contributed by atoms with E-state index in [9.17, 15) is 27.1 Å². The third-order valence-corrected chi connectivity index (χ3v) is 7.05. The molecule has 3 aromatic rings. The Morgan fingerprint density at radius 3 is 2.74 bits per heavy atom. The maximum Gasteiger partial charge on any atom is 0.586 e. The minimum absolute atomic E-state index is 0.0573. The Balaban J connectivity index is 1.38. The highest BCUT2D eigenvalue weighted by molar-refractivity contribution is 5.97. The van der Waals surface area contributed by atoms with Crippen LogP contribution in [0.5, 0.6) is 11.5 Å². The molecule has 1 aromatic carbocycles. The number of nitrogens with two attached hydrogens (primary N) is 1. The molecule has 1 fully saturated rings. The molecule has 3 unspecified atom stereocenters. The predicted molar refractivity (Wildman–Crippen MR) is 114 cm³/mol. The number of alkyl halides is 5. The summed E-state index contributed by atoms with van der Waals surface area (Å²) < 4.78 is 77.8. The summed E-state index contributed by atoms with van der Waals surface area (Å²) in [6.45, 7) is 1.87. The summed E-state index contributed by atoms with van der Waals surface area (Å²) in [5.41, 5.74) is 3.68. The molecule has 8 nitrogen and oxygen atoms in total. The van der Waals surface area contributed by atoms with E-state index >= 15 is 0 Å². The first-order valence-electron chi connectivity index (χ1n) is 11.4. The van der Waals surface area contributed by atoms with Crippen molar-refractivity contribution in [1.29, 1.82) is 0 Å². The zero-order valence-electron chi connectivity index (χ0n) is 18.8. The van der Waals surface area contributed by atoms with E-state index in [1.54, 1.807) is 0 Å². The van der Waals surface area contributed by atoms with Gasteiger partial charge in [0.25, 0.3) is 0 Å². The lowest BCUT2D eigenvalue weighted by atomic mass is 9.80. The Bertz CT molecular complexity index is 1280. The lowest BCUT2D eigenvalue weighted by Crippen LogP contribution is -2.46. The fourth-order valence-electron chi connectivity index (χ4n) is 5.04. The Morgan fingerprint density at radius 1 is 1.23 bits per heavy atom. The van der Waals surface area contributed by atoms with Crippen LogP contribution < -0.4 is 15.2 Å². The molecule has 1 aliphatic carbocycles. The number of rotatable bonds is 4. The normalized spacial score (nSPS) is 25.2. The van der Waals surface area contributed by atoms with Gasteiger partial charge in [-0.2, -0.15) is 17.7 Å². The molecule has 35 heavy (non-hydrogen) atoms. The topological polar surface area (TPSA) is 108 Å². The van der Waals surface area contributed by atoms with Crippen LogP contribution in [0.3, 0.4) is 0 Å². The molecular weight excluding hydrogens is 477 g/mol. The van der Waals surface area contributed by atoms with E-state index in [0.29, 0.717) is 43.3 Å². The van der Waals surface area contributed by atoms with Crippen molar-refractivity contribution in [3.63, 3.8) is 0 Å². The summed E-state index contributed by atoms with van der Waals surface area (Å²) in [7, 11) is 0. The minimum atomic E-state index is -4.66. The molecule has 3 atom stereocenters. The summed E-state index contributed by atoms with van der Waals surface area (Å²) in [4.78, 5) is 8.62. The molecule has 2 aromatic heterocycles. The number of aromatic nitrogens is 4. The van der Waals surface area contributed by atoms with E-state index in [1.807, 2.05) is 6.92 Å². The summed E-state index contributed by atoms with van der Waals surface area (Å²) in [6, 6.07) is 2.83. The van der Waals surface area contributed by atoms with Crippen LogP contribution in [0.4, 0.5) is 27.9 Å². The third kappa shape index (κ3) is 4.19. The van der Waals surface area contributed by atoms with Gasteiger partial charge < -0.3 is 20.3 Å². The number of aryl methyl sites for hydroxylation is 1. The van der Waals surface area contributed by atoms with Crippen LogP contribution in [0.2, 0.25) is 0 Å². The first kappa shape index (κ1) is 23.8. The lowest BCUT2D eigenvalue weighted by Gasteiger charge is -2.33. The van der Waals surface area contributed by atoms with Gasteiger partial charge in [0, 0.05) is 11.8 Å². The van der Waals surface area contributed by atoms with Crippen LogP contribution in [-0.4, -0.2) is 42.8 Å². The van der Waals surface area contributed by atoms with E-state index in [-0.39, 0.29) is 53.3 Å². The molecule has 3 heterocycles. The van der Waals surface area contributed by atoms with Crippen molar-refractivity contribution in [2.24, 2.45) is 11.8 Å². The van der Waals surface area contributed by atoms with E-state index in [4.69, 9.17) is 5.73 Å². The molecule has 13 heteroatoms. The number of nitrogens with zero attached hydrogens (tertiary/aromatic N) is 4. The van der Waals surface area contributed by atoms with Crippen LogP contribution in [0, 0.1) is 11.8 Å². The molecule has 1 saturated carbocycles. The smallest absolute Gasteiger partial charge is 0.395 e. The summed E-state index contributed by atoms with van der Waals surface area (Å²) in [5, 5.41) is 15.0. The van der Waals surface area contributed by atoms with Crippen molar-refractivity contribution in [2.75, 3.05) is 5.73 Å². The SMILES string of the molecule is CC(CCc1nc2c3ccc4c(c3nc(N)n2n1)OC(F)(F)O4)C1CCCCC(O)(C(F)(F)F)C1. The van der Waals surface area contributed by atoms with E-state index in [0.717, 1.165) is 0 Å². The first-order valence-corrected chi connectivity index (χ1v) is 11.4. The maximum atomic E-state index is 13.5. The number of halogens is 5. The number of aliphatic hydroxyl groups is 1. The fourth-order valence-corrected chi connectivity index (χ4v) is 5.04. The first-order chi connectivity index (χ1) is 16.4. The van der Waals surface area contributed by atoms with Crippen molar-refractivity contribution >= 4 is 22.5 Å². The number of fused-ring (bicyclic) bond motifs is 5. The van der Waals surface area contributed by atoms with Crippen LogP contribution in [0.1, 0.15) is 51.3 Å². The second-order valence-electron chi connectivity index (χ2n) is 9.45. The van der Waals surface area contributed by atoms with E-state index in [1.165, 1.54) is 16.6 Å². The standard InChI is InChI=1S/C22H24F5N5O3/c1-11(12-4-2-3-9-20(33,10-12)21(23,24)25)5-8-15-29-18-13-6-7-14-17(35-22(26,27)34-14)16(13)30-19(28)32(18)31-15/h6-7,11-12,33H,2-5,8-10H2,1H3,(H2,28,30). The quantitative estimate of drug-likeness (QED) is 0.397. The number of anilines is 1. The van der Waals surface area contributed by atoms with Gasteiger partial charge in [-0.05, 0) is 43.2 Å². The average molecular weight is 501 g/mol. The Kier molecular flexibility index (Phi) is 5.46. The maximum absolute atomic E-state index is 13.5. The minimum Gasteiger partial charge on any atom is -0.395 e. The highest BCUT2D eigenvalue weighted by atomic mass is 19.4. The second kappa shape index (κ2) is 8.04. The number of ether oxygens (including phenoxy) is 2. The number of hydrogen-bond donors (Lipinski definition) is 2. The summed E-state index contributed by atoms with van der Waals surface area (Å²) in [6.07, 6.45) is -6.66. The lowest BCUT2D eigenvalue weighted by molar-refractivity contribution is -0.286. The molecule has 0 bridgehead atoms. The molecule has 3 N–H and O–H groups in total. The van der Waals surface area contributed by atoms with Gasteiger partial charge in [0.15, 0.2) is 28.6 Å². The highest BCUT2D eigenvalue weighted by Gasteiger charge is 2.54. The number of hydrogen-bond acceptors (Lipinski definition) is 7. The van der Waals surface area contributed by atoms with Crippen LogP contribution in [0.15, 0.2) is 12.1 Å². The van der Waals surface area contributed by atoms with Crippen molar-refractivity contribution in [2.45, 2.75) is 69.9 Å². The second-order valence-corrected chi connectivity index (χ2v) is 9.45. The van der Waals surface area contributed by atoms with Crippen LogP contribution >= 0.6 is 0 Å². The highest BCUT2D eigenvalue weighted by Crippen LogP contribution is 2.46. The van der Waals surface area contributed by atoms with Gasteiger partial charge in [0.2, 0.25) is 5.95 Å². The van der Waals surface area contributed by atoms with Gasteiger partial charge in [-0.3, -0.25) is 0 Å². The van der Waals surface area contributed by atoms with Gasteiger partial charge in [-0.1, -0.05) is 26.2 Å². The molecule has 0 amide bonds. The van der Waals surface area contributed by atoms with Crippen LogP contribution in [-0.2, 0) is 6.42 Å². The molecule has 0 spiro atoms. The van der Waals surface area contributed by atoms with Crippen molar-refractivity contribution in [1.82, 2.24) is 19.6 Å². The van der Waals surface area contributed by atoms with Crippen molar-refractivity contribution in [3.05, 3.63) is 18.0 Å². The molecule has 0 saturated heterocycles. The van der Waals surface area contributed by atoms with Gasteiger partial charge in [-0.25, -0.2) is 9.97 Å². The van der Waals surface area contributed by atoms with Gasteiger partial charge >= 0.3 is 12.5 Å². The Morgan fingerprint density at radius 2 is 2.00 bits per heavy atom. The Hall–Kier alpha value is -2.96. The zero-order chi connectivity index (χ0) is 25.2. The molecule has 1 aliphatic heterocycles. The molecular formula is C22H24F5N5O3. The van der Waals surface area contributed by atoms with E-state index < -0.39 is 18.1 Å². The molecule has 5 rings (SSSR count). The van der Waals surface area contributed by atoms with Gasteiger partial charge in [0.1, 0.15) is 5.52 Å². The number of benzene rings is 1. The van der Waals surface area contributed by atoms with Gasteiger partial charge in [0.05, 0.1) is 0 Å². The largest absolute Gasteiger partial charge is 0.586 e. The predicted octanol–water partition coefficient (Wildman–Crippen LogP) is 4.62. The number of nitrogen functional groups attached to an aromatic ring is 1. The van der Waals surface area contributed by atoms with Crippen LogP contribution in [0.25, 0.3) is 16.6 Å². The summed E-state index contributed by atoms with van der Waals surface area (Å²) in [5.74, 6) is -0.530. The zero-order valence-corrected chi connectivity index (χ0v) is 18.8. The van der Waals surface area contributed by atoms with Crippen molar-refractivity contribution in [3.8, 4) is 11.5 Å².